The van der Waals surface area contributed by atoms with E-state index in [0.717, 1.165) is 12.0 Å². The number of nitrogens with one attached hydrogen (secondary N) is 2. The highest BCUT2D eigenvalue weighted by molar-refractivity contribution is 9.10. The Balaban J connectivity index is 2.26. The van der Waals surface area contributed by atoms with Gasteiger partial charge in [0.2, 0.25) is 0 Å². The van der Waals surface area contributed by atoms with Gasteiger partial charge in [0.1, 0.15) is 10.4 Å². The predicted octanol–water partition coefficient (Wildman–Crippen LogP) is 4.11. The smallest absolute Gasteiger partial charge is 0.277 e. The molecule has 0 spiro atoms. The molecule has 0 saturated carbocycles. The van der Waals surface area contributed by atoms with E-state index in [4.69, 9.17) is 4.84 Å². The molecule has 122 valence electrons. The Kier molecular flexibility index (Phi) is 6.06. The highest BCUT2D eigenvalue weighted by atomic mass is 79.9. The Bertz CT molecular complexity index is 710. The van der Waals surface area contributed by atoms with Crippen LogP contribution in [0.15, 0.2) is 35.1 Å². The van der Waals surface area contributed by atoms with Gasteiger partial charge < -0.3 is 5.32 Å². The molecular formula is C16H17BrFN3O2. The Hall–Kier alpha value is -1.99. The molecule has 0 bridgehead atoms. The van der Waals surface area contributed by atoms with Crippen molar-refractivity contribution in [3.05, 3.63) is 52.0 Å². The van der Waals surface area contributed by atoms with Crippen LogP contribution in [0.2, 0.25) is 0 Å². The monoisotopic (exact) mass is 381 g/mol. The van der Waals surface area contributed by atoms with Crippen LogP contribution in [0.4, 0.5) is 15.8 Å². The molecule has 7 heteroatoms. The number of nitrogens with zero attached hydrogens (tertiary/aromatic N) is 1. The van der Waals surface area contributed by atoms with Crippen LogP contribution >= 0.6 is 15.9 Å². The highest BCUT2D eigenvalue weighted by Gasteiger charge is 2.14. The van der Waals surface area contributed by atoms with Gasteiger partial charge in [-0.3, -0.25) is 9.63 Å². The molecule has 0 aliphatic carbocycles. The lowest BCUT2D eigenvalue weighted by atomic mass is 10.2. The van der Waals surface area contributed by atoms with E-state index in [1.165, 1.54) is 12.3 Å². The van der Waals surface area contributed by atoms with Gasteiger partial charge in [-0.15, -0.1) is 0 Å². The zero-order valence-corrected chi connectivity index (χ0v) is 14.4. The second-order valence-corrected chi connectivity index (χ2v) is 5.75. The quantitative estimate of drug-likeness (QED) is 0.449. The zero-order chi connectivity index (χ0) is 16.8. The van der Waals surface area contributed by atoms with Crippen LogP contribution in [0, 0.1) is 12.7 Å². The van der Waals surface area contributed by atoms with E-state index >= 15 is 0 Å². The van der Waals surface area contributed by atoms with E-state index in [9.17, 15) is 9.18 Å². The third kappa shape index (κ3) is 4.74. The summed E-state index contributed by atoms with van der Waals surface area (Å²) in [7, 11) is 0. The fraction of sp³-hybridized carbons (Fsp3) is 0.250. The lowest BCUT2D eigenvalue weighted by Gasteiger charge is -2.13. The molecule has 2 rings (SSSR count). The number of pyridine rings is 1. The van der Waals surface area contributed by atoms with E-state index in [0.29, 0.717) is 22.5 Å². The summed E-state index contributed by atoms with van der Waals surface area (Å²) >= 11 is 3.22. The van der Waals surface area contributed by atoms with Gasteiger partial charge in [-0.2, -0.15) is 0 Å². The average Bonchev–Trinajstić information content (AvgIpc) is 2.51. The fourth-order valence-electron chi connectivity index (χ4n) is 1.86. The van der Waals surface area contributed by atoms with Crippen molar-refractivity contribution in [2.45, 2.75) is 20.3 Å². The summed E-state index contributed by atoms with van der Waals surface area (Å²) in [5, 5.41) is 2.89. The van der Waals surface area contributed by atoms with Gasteiger partial charge in [0, 0.05) is 0 Å². The SMILES string of the molecule is CCCONC(=O)c1cc(Br)ncc1Nc1ccc(C)cc1F. The molecule has 0 atom stereocenters. The summed E-state index contributed by atoms with van der Waals surface area (Å²) < 4.78 is 14.5. The van der Waals surface area contributed by atoms with Crippen molar-refractivity contribution in [1.29, 1.82) is 0 Å². The van der Waals surface area contributed by atoms with Crippen LogP contribution in [0.3, 0.4) is 0 Å². The average molecular weight is 382 g/mol. The number of halogens is 2. The first-order valence-electron chi connectivity index (χ1n) is 7.12. The van der Waals surface area contributed by atoms with Gasteiger partial charge in [0.05, 0.1) is 29.7 Å². The van der Waals surface area contributed by atoms with Crippen molar-refractivity contribution in [2.75, 3.05) is 11.9 Å². The largest absolute Gasteiger partial charge is 0.351 e. The number of carbonyl (C=O) groups is 1. The number of anilines is 2. The minimum atomic E-state index is -0.434. The Morgan fingerprint density at radius 2 is 2.13 bits per heavy atom. The van der Waals surface area contributed by atoms with Crippen LogP contribution < -0.4 is 10.8 Å². The summed E-state index contributed by atoms with van der Waals surface area (Å²) in [6.07, 6.45) is 2.23. The molecule has 0 aliphatic heterocycles. The summed E-state index contributed by atoms with van der Waals surface area (Å²) in [6, 6.07) is 6.35. The standard InChI is InChI=1S/C16H17BrFN3O2/c1-3-6-23-21-16(22)11-8-15(17)19-9-14(11)20-13-5-4-10(2)7-12(13)18/h4-5,7-9,20H,3,6H2,1-2H3,(H,21,22). The van der Waals surface area contributed by atoms with E-state index in [1.807, 2.05) is 6.92 Å². The van der Waals surface area contributed by atoms with Gasteiger partial charge in [-0.1, -0.05) is 13.0 Å². The molecule has 1 heterocycles. The van der Waals surface area contributed by atoms with Crippen molar-refractivity contribution in [1.82, 2.24) is 10.5 Å². The molecular weight excluding hydrogens is 365 g/mol. The van der Waals surface area contributed by atoms with Crippen molar-refractivity contribution in [3.8, 4) is 0 Å². The van der Waals surface area contributed by atoms with E-state index in [-0.39, 0.29) is 5.69 Å². The molecule has 2 aromatic rings. The minimum Gasteiger partial charge on any atom is -0.351 e. The van der Waals surface area contributed by atoms with E-state index in [2.05, 4.69) is 31.7 Å². The number of amides is 1. The number of benzene rings is 1. The predicted molar refractivity (Wildman–Crippen MR) is 90.1 cm³/mol. The molecule has 0 radical (unpaired) electrons. The first-order valence-corrected chi connectivity index (χ1v) is 7.91. The molecule has 1 amide bonds. The second-order valence-electron chi connectivity index (χ2n) is 4.94. The van der Waals surface area contributed by atoms with Gasteiger partial charge in [0.15, 0.2) is 0 Å². The highest BCUT2D eigenvalue weighted by Crippen LogP contribution is 2.25. The van der Waals surface area contributed by atoms with Crippen LogP contribution in [-0.2, 0) is 4.84 Å². The lowest BCUT2D eigenvalue weighted by molar-refractivity contribution is 0.0315. The number of rotatable bonds is 6. The number of hydrogen-bond acceptors (Lipinski definition) is 4. The number of aromatic nitrogens is 1. The number of carbonyl (C=O) groups excluding carboxylic acids is 1. The van der Waals surface area contributed by atoms with Gasteiger partial charge in [-0.05, 0) is 53.0 Å². The molecule has 0 saturated heterocycles. The fourth-order valence-corrected chi connectivity index (χ4v) is 2.19. The summed E-state index contributed by atoms with van der Waals surface area (Å²) in [5.74, 6) is -0.835. The molecule has 5 nitrogen and oxygen atoms in total. The zero-order valence-electron chi connectivity index (χ0n) is 12.8. The normalized spacial score (nSPS) is 10.4. The maximum absolute atomic E-state index is 14.0. The first kappa shape index (κ1) is 17.4. The lowest BCUT2D eigenvalue weighted by Crippen LogP contribution is -2.25. The molecule has 0 fully saturated rings. The maximum atomic E-state index is 14.0. The van der Waals surface area contributed by atoms with Crippen LogP contribution in [0.25, 0.3) is 0 Å². The molecule has 0 aliphatic rings. The van der Waals surface area contributed by atoms with E-state index in [1.54, 1.807) is 25.1 Å². The Labute approximate surface area is 142 Å². The number of aryl methyl sites for hydroxylation is 1. The summed E-state index contributed by atoms with van der Waals surface area (Å²) in [5.41, 5.74) is 4.11. The topological polar surface area (TPSA) is 63.2 Å². The van der Waals surface area contributed by atoms with Gasteiger partial charge in [-0.25, -0.2) is 14.9 Å². The minimum absolute atomic E-state index is 0.267. The summed E-state index contributed by atoms with van der Waals surface area (Å²) in [4.78, 5) is 21.3. The molecule has 23 heavy (non-hydrogen) atoms. The molecule has 2 N–H and O–H groups in total. The van der Waals surface area contributed by atoms with Gasteiger partial charge >= 0.3 is 0 Å². The maximum Gasteiger partial charge on any atom is 0.277 e. The van der Waals surface area contributed by atoms with Crippen molar-refractivity contribution in [3.63, 3.8) is 0 Å². The first-order chi connectivity index (χ1) is 11.0. The number of hydrogen-bond donors (Lipinski definition) is 2. The van der Waals surface area contributed by atoms with Crippen LogP contribution in [0.1, 0.15) is 29.3 Å². The van der Waals surface area contributed by atoms with Gasteiger partial charge in [0.25, 0.3) is 5.91 Å². The number of hydroxylamine groups is 1. The van der Waals surface area contributed by atoms with Crippen molar-refractivity contribution in [2.24, 2.45) is 0 Å². The van der Waals surface area contributed by atoms with Crippen molar-refractivity contribution >= 4 is 33.2 Å². The third-order valence-corrected chi connectivity index (χ3v) is 3.41. The second kappa shape index (κ2) is 8.03. The Morgan fingerprint density at radius 3 is 2.83 bits per heavy atom. The molecule has 1 aromatic heterocycles. The summed E-state index contributed by atoms with van der Waals surface area (Å²) in [6.45, 7) is 4.15. The van der Waals surface area contributed by atoms with Crippen LogP contribution in [0.5, 0.6) is 0 Å². The molecule has 0 unspecified atom stereocenters. The van der Waals surface area contributed by atoms with Crippen molar-refractivity contribution < 1.29 is 14.0 Å². The molecule has 1 aromatic carbocycles. The van der Waals surface area contributed by atoms with E-state index < -0.39 is 11.7 Å². The third-order valence-electron chi connectivity index (χ3n) is 2.98. The van der Waals surface area contributed by atoms with Crippen LogP contribution in [-0.4, -0.2) is 17.5 Å². The Morgan fingerprint density at radius 1 is 1.35 bits per heavy atom.